The summed E-state index contributed by atoms with van der Waals surface area (Å²) in [6, 6.07) is -1.22. The van der Waals surface area contributed by atoms with Crippen LogP contribution in [0.3, 0.4) is 0 Å². The fourth-order valence-electron chi connectivity index (χ4n) is 6.58. The maximum atomic E-state index is 14.4. The third-order valence-corrected chi connectivity index (χ3v) is 10.6. The Morgan fingerprint density at radius 3 is 2.58 bits per heavy atom. The van der Waals surface area contributed by atoms with Crippen LogP contribution in [0.5, 0.6) is 0 Å². The lowest BCUT2D eigenvalue weighted by Crippen LogP contribution is -2.58. The third-order valence-electron chi connectivity index (χ3n) is 8.58. The zero-order valence-electron chi connectivity index (χ0n) is 22.4. The molecule has 0 aliphatic carbocycles. The average molecular weight is 521 g/mol. The lowest BCUT2D eigenvalue weighted by Gasteiger charge is -2.41. The van der Waals surface area contributed by atoms with Gasteiger partial charge in [0.05, 0.1) is 29.2 Å². The number of fused-ring (bicyclic) bond motifs is 1. The molecule has 202 valence electrons. The number of nitrogens with zero attached hydrogens (tertiary/aromatic N) is 2. The summed E-state index contributed by atoms with van der Waals surface area (Å²) >= 11 is 1.63. The van der Waals surface area contributed by atoms with E-state index in [9.17, 15) is 19.5 Å². The van der Waals surface area contributed by atoms with E-state index in [1.807, 2.05) is 25.7 Å². The van der Waals surface area contributed by atoms with Gasteiger partial charge in [0.15, 0.2) is 0 Å². The first-order chi connectivity index (χ1) is 17.2. The topological polar surface area (TPSA) is 87.1 Å². The number of esters is 1. The summed E-state index contributed by atoms with van der Waals surface area (Å²) in [5.74, 6) is -1.97. The zero-order chi connectivity index (χ0) is 26.7. The molecule has 1 N–H and O–H groups in total. The van der Waals surface area contributed by atoms with Crippen molar-refractivity contribution in [3.05, 3.63) is 25.3 Å². The molecule has 7 nitrogen and oxygen atoms in total. The van der Waals surface area contributed by atoms with Crippen molar-refractivity contribution in [1.82, 2.24) is 9.80 Å². The number of carbonyl (C=O) groups is 3. The minimum absolute atomic E-state index is 0.00127. The number of aliphatic hydroxyl groups is 1. The van der Waals surface area contributed by atoms with Gasteiger partial charge >= 0.3 is 5.97 Å². The second-order valence-corrected chi connectivity index (χ2v) is 12.7. The number of thioether (sulfide) groups is 1. The van der Waals surface area contributed by atoms with E-state index in [-0.39, 0.29) is 30.9 Å². The minimum Gasteiger partial charge on any atom is -0.461 e. The van der Waals surface area contributed by atoms with E-state index in [4.69, 9.17) is 4.74 Å². The van der Waals surface area contributed by atoms with Gasteiger partial charge < -0.3 is 19.6 Å². The number of carbonyl (C=O) groups excluding carboxylic acids is 3. The Labute approximate surface area is 220 Å². The van der Waals surface area contributed by atoms with Crippen molar-refractivity contribution in [3.63, 3.8) is 0 Å². The Kier molecular flexibility index (Phi) is 9.36. The zero-order valence-corrected chi connectivity index (χ0v) is 23.2. The van der Waals surface area contributed by atoms with Gasteiger partial charge in [-0.3, -0.25) is 14.4 Å². The molecule has 2 bridgehead atoms. The van der Waals surface area contributed by atoms with Crippen LogP contribution in [-0.2, 0) is 19.1 Å². The molecule has 7 atom stereocenters. The number of hydrogen-bond acceptors (Lipinski definition) is 6. The molecule has 3 aliphatic heterocycles. The molecule has 36 heavy (non-hydrogen) atoms. The maximum Gasteiger partial charge on any atom is 0.311 e. The lowest BCUT2D eigenvalue weighted by molar-refractivity contribution is -0.155. The molecule has 2 amide bonds. The van der Waals surface area contributed by atoms with Crippen LogP contribution >= 0.6 is 11.8 Å². The second kappa shape index (κ2) is 11.7. The van der Waals surface area contributed by atoms with Gasteiger partial charge in [-0.2, -0.15) is 0 Å². The number of ether oxygens (including phenoxy) is 1. The molecule has 3 rings (SSSR count). The average Bonchev–Trinajstić information content (AvgIpc) is 3.43. The number of rotatable bonds is 14. The molecule has 3 saturated heterocycles. The first-order valence-electron chi connectivity index (χ1n) is 13.5. The molecule has 8 heteroatoms. The molecule has 2 unspecified atom stereocenters. The Balaban J connectivity index is 2.10. The molecule has 3 aliphatic rings. The van der Waals surface area contributed by atoms with Crippen molar-refractivity contribution in [1.29, 1.82) is 0 Å². The molecule has 0 saturated carbocycles. The molecule has 0 aromatic heterocycles. The van der Waals surface area contributed by atoms with Crippen LogP contribution in [-0.4, -0.2) is 80.6 Å². The monoisotopic (exact) mass is 520 g/mol. The quantitative estimate of drug-likeness (QED) is 0.213. The van der Waals surface area contributed by atoms with Crippen LogP contribution in [0.1, 0.15) is 66.2 Å². The predicted octanol–water partition coefficient (Wildman–Crippen LogP) is 3.81. The van der Waals surface area contributed by atoms with Gasteiger partial charge in [0, 0.05) is 17.8 Å². The van der Waals surface area contributed by atoms with Crippen molar-refractivity contribution >= 4 is 29.5 Å². The second-order valence-electron chi connectivity index (χ2n) is 10.8. The summed E-state index contributed by atoms with van der Waals surface area (Å²) in [4.78, 5) is 45.4. The van der Waals surface area contributed by atoms with Gasteiger partial charge in [-0.25, -0.2) is 0 Å². The van der Waals surface area contributed by atoms with E-state index in [0.717, 1.165) is 32.1 Å². The third kappa shape index (κ3) is 4.75. The van der Waals surface area contributed by atoms with Gasteiger partial charge in [-0.05, 0) is 32.1 Å². The number of aliphatic hydroxyl groups excluding tert-OH is 1. The fraction of sp³-hybridized carbons (Fsp3) is 0.750. The Morgan fingerprint density at radius 2 is 2.00 bits per heavy atom. The van der Waals surface area contributed by atoms with E-state index < -0.39 is 39.4 Å². The first kappa shape index (κ1) is 28.8. The Bertz CT molecular complexity index is 865. The normalized spacial score (nSPS) is 32.2. The van der Waals surface area contributed by atoms with E-state index in [2.05, 4.69) is 20.1 Å². The Morgan fingerprint density at radius 1 is 1.28 bits per heavy atom. The van der Waals surface area contributed by atoms with E-state index in [1.165, 1.54) is 6.08 Å². The number of amides is 2. The van der Waals surface area contributed by atoms with Gasteiger partial charge in [0.1, 0.15) is 12.6 Å². The van der Waals surface area contributed by atoms with Crippen molar-refractivity contribution in [2.24, 2.45) is 17.8 Å². The molecule has 0 aromatic rings. The fourth-order valence-corrected chi connectivity index (χ4v) is 8.90. The van der Waals surface area contributed by atoms with E-state index >= 15 is 0 Å². The highest BCUT2D eigenvalue weighted by molar-refractivity contribution is 8.02. The van der Waals surface area contributed by atoms with Crippen molar-refractivity contribution in [2.75, 3.05) is 26.3 Å². The van der Waals surface area contributed by atoms with Crippen LogP contribution in [0.15, 0.2) is 25.3 Å². The lowest BCUT2D eigenvalue weighted by atomic mass is 9.66. The summed E-state index contributed by atoms with van der Waals surface area (Å²) < 4.78 is 4.30. The SMILES string of the molecule is C=CCOC(=O)[C@@H]1[C@H]2C(=O)N([C@@H](CO)[C@@H](C)CC)C(C(=O)N(CC=C)CCCCC)C23CC[C@@]1(C)S3. The molecule has 1 spiro atoms. The van der Waals surface area contributed by atoms with Crippen LogP contribution in [0.2, 0.25) is 0 Å². The van der Waals surface area contributed by atoms with E-state index in [0.29, 0.717) is 19.5 Å². The van der Waals surface area contributed by atoms with Crippen LogP contribution in [0.4, 0.5) is 0 Å². The molecular weight excluding hydrogens is 476 g/mol. The van der Waals surface area contributed by atoms with E-state index in [1.54, 1.807) is 22.7 Å². The van der Waals surface area contributed by atoms with Crippen molar-refractivity contribution in [2.45, 2.75) is 87.8 Å². The Hall–Kier alpha value is -1.80. The predicted molar refractivity (Wildman–Crippen MR) is 143 cm³/mol. The minimum atomic E-state index is -0.730. The first-order valence-corrected chi connectivity index (χ1v) is 14.3. The van der Waals surface area contributed by atoms with Crippen LogP contribution < -0.4 is 0 Å². The smallest absolute Gasteiger partial charge is 0.311 e. The molecule has 0 aromatic carbocycles. The van der Waals surface area contributed by atoms with Crippen molar-refractivity contribution in [3.8, 4) is 0 Å². The molecule has 3 heterocycles. The number of likely N-dealkylation sites (tertiary alicyclic amines) is 1. The van der Waals surface area contributed by atoms with Gasteiger partial charge in [0.2, 0.25) is 11.8 Å². The highest BCUT2D eigenvalue weighted by Crippen LogP contribution is 2.72. The number of hydrogen-bond donors (Lipinski definition) is 1. The molecule has 0 radical (unpaired) electrons. The summed E-state index contributed by atoms with van der Waals surface area (Å²) in [7, 11) is 0. The van der Waals surface area contributed by atoms with Gasteiger partial charge in [-0.15, -0.1) is 18.3 Å². The van der Waals surface area contributed by atoms with Crippen molar-refractivity contribution < 1.29 is 24.2 Å². The van der Waals surface area contributed by atoms with Crippen LogP contribution in [0.25, 0.3) is 0 Å². The molecular formula is C28H44N2O5S. The number of unbranched alkanes of at least 4 members (excludes halogenated alkanes) is 2. The standard InChI is InChI=1S/C28H44N2O5S/c1-7-11-12-16-29(15-8-2)25(33)23-28-14-13-27(6,36-28)22(26(34)35-17-9-3)21(28)24(32)30(23)20(18-31)19(5)10-4/h8-9,19-23,31H,2-3,7,10-18H2,1,4-6H3/t19-,20-,21-,22-,23?,27+,28?/m0/s1. The largest absolute Gasteiger partial charge is 0.461 e. The maximum absolute atomic E-state index is 14.4. The summed E-state index contributed by atoms with van der Waals surface area (Å²) in [5, 5.41) is 10.4. The van der Waals surface area contributed by atoms with Gasteiger partial charge in [-0.1, -0.05) is 58.8 Å². The molecule has 3 fully saturated rings. The van der Waals surface area contributed by atoms with Crippen LogP contribution in [0, 0.1) is 17.8 Å². The van der Waals surface area contributed by atoms with Gasteiger partial charge in [0.25, 0.3) is 0 Å². The highest BCUT2D eigenvalue weighted by Gasteiger charge is 2.78. The summed E-state index contributed by atoms with van der Waals surface area (Å²) in [6.45, 7) is 16.6. The highest BCUT2D eigenvalue weighted by atomic mass is 32.2. The summed E-state index contributed by atoms with van der Waals surface area (Å²) in [5.41, 5.74) is 0. The summed E-state index contributed by atoms with van der Waals surface area (Å²) in [6.07, 6.45) is 8.36.